The van der Waals surface area contributed by atoms with E-state index in [0.29, 0.717) is 12.0 Å². The number of anilines is 1. The summed E-state index contributed by atoms with van der Waals surface area (Å²) in [4.78, 5) is 0. The van der Waals surface area contributed by atoms with Gasteiger partial charge in [0.15, 0.2) is 0 Å². The zero-order chi connectivity index (χ0) is 10.3. The quantitative estimate of drug-likeness (QED) is 0.679. The summed E-state index contributed by atoms with van der Waals surface area (Å²) >= 11 is 0. The van der Waals surface area contributed by atoms with Gasteiger partial charge in [-0.3, -0.25) is 0 Å². The molecular weight excluding hydrogens is 191 g/mol. The van der Waals surface area contributed by atoms with Crippen LogP contribution in [0.4, 0.5) is 10.1 Å². The first-order valence-corrected chi connectivity index (χ1v) is 5.61. The van der Waals surface area contributed by atoms with Crippen molar-refractivity contribution in [3.63, 3.8) is 0 Å². The van der Waals surface area contributed by atoms with Crippen molar-refractivity contribution in [3.8, 4) is 0 Å². The van der Waals surface area contributed by atoms with Crippen LogP contribution < -0.4 is 10.6 Å². The number of fused-ring (bicyclic) bond motifs is 3. The van der Waals surface area contributed by atoms with Crippen molar-refractivity contribution in [1.82, 2.24) is 5.32 Å². The number of rotatable bonds is 0. The van der Waals surface area contributed by atoms with Gasteiger partial charge >= 0.3 is 0 Å². The molecule has 3 rings (SSSR count). The molecular formula is C12H15FN2. The number of hydrogen-bond acceptors (Lipinski definition) is 2. The summed E-state index contributed by atoms with van der Waals surface area (Å²) in [6.07, 6.45) is 2.37. The highest BCUT2D eigenvalue weighted by Gasteiger charge is 2.32. The second-order valence-corrected chi connectivity index (χ2v) is 4.44. The fourth-order valence-corrected chi connectivity index (χ4v) is 2.72. The summed E-state index contributed by atoms with van der Waals surface area (Å²) in [5.41, 5.74) is 2.27. The lowest BCUT2D eigenvalue weighted by atomic mass is 9.93. The molecule has 0 saturated carbocycles. The van der Waals surface area contributed by atoms with E-state index < -0.39 is 0 Å². The Morgan fingerprint density at radius 3 is 3.20 bits per heavy atom. The molecule has 0 spiro atoms. The smallest absolute Gasteiger partial charge is 0.123 e. The van der Waals surface area contributed by atoms with E-state index in [1.165, 1.54) is 18.9 Å². The summed E-state index contributed by atoms with van der Waals surface area (Å²) in [5, 5.41) is 6.91. The van der Waals surface area contributed by atoms with E-state index in [2.05, 4.69) is 10.6 Å². The van der Waals surface area contributed by atoms with Crippen molar-refractivity contribution >= 4 is 5.69 Å². The second-order valence-electron chi connectivity index (χ2n) is 4.44. The van der Waals surface area contributed by atoms with Crippen molar-refractivity contribution < 1.29 is 4.39 Å². The molecule has 0 amide bonds. The molecule has 0 aromatic heterocycles. The van der Waals surface area contributed by atoms with Crippen LogP contribution in [0.25, 0.3) is 0 Å². The Kier molecular flexibility index (Phi) is 2.13. The molecule has 2 unspecified atom stereocenters. The lowest BCUT2D eigenvalue weighted by molar-refractivity contribution is 0.574. The van der Waals surface area contributed by atoms with E-state index in [1.807, 2.05) is 6.07 Å². The fraction of sp³-hybridized carbons (Fsp3) is 0.500. The van der Waals surface area contributed by atoms with E-state index in [1.54, 1.807) is 6.07 Å². The standard InChI is InChI=1S/C12H15FN2/c13-8-3-4-12-9(6-8)10-7-14-5-1-2-11(10)15-12/h3-4,6,10-11,14-15H,1-2,5,7H2. The van der Waals surface area contributed by atoms with Crippen LogP contribution in [0.3, 0.4) is 0 Å². The largest absolute Gasteiger partial charge is 0.381 e. The Morgan fingerprint density at radius 1 is 1.33 bits per heavy atom. The maximum Gasteiger partial charge on any atom is 0.123 e. The van der Waals surface area contributed by atoms with Gasteiger partial charge in [0.05, 0.1) is 0 Å². The van der Waals surface area contributed by atoms with E-state index >= 15 is 0 Å². The molecule has 2 atom stereocenters. The summed E-state index contributed by atoms with van der Waals surface area (Å²) in [7, 11) is 0. The topological polar surface area (TPSA) is 24.1 Å². The Morgan fingerprint density at radius 2 is 2.27 bits per heavy atom. The van der Waals surface area contributed by atoms with Crippen LogP contribution in [0.5, 0.6) is 0 Å². The van der Waals surface area contributed by atoms with Crippen LogP contribution >= 0.6 is 0 Å². The van der Waals surface area contributed by atoms with E-state index in [0.717, 1.165) is 24.3 Å². The van der Waals surface area contributed by atoms with E-state index in [9.17, 15) is 4.39 Å². The first-order valence-electron chi connectivity index (χ1n) is 5.61. The highest BCUT2D eigenvalue weighted by Crippen LogP contribution is 2.38. The number of halogens is 1. The molecule has 2 aliphatic heterocycles. The zero-order valence-electron chi connectivity index (χ0n) is 8.59. The highest BCUT2D eigenvalue weighted by atomic mass is 19.1. The lowest BCUT2D eigenvalue weighted by Gasteiger charge is -2.16. The third-order valence-corrected chi connectivity index (χ3v) is 3.47. The molecule has 1 saturated heterocycles. The van der Waals surface area contributed by atoms with Gasteiger partial charge in [-0.05, 0) is 43.1 Å². The molecule has 2 N–H and O–H groups in total. The molecule has 80 valence electrons. The molecule has 0 bridgehead atoms. The Labute approximate surface area is 88.9 Å². The first kappa shape index (κ1) is 9.16. The first-order chi connectivity index (χ1) is 7.34. The molecule has 0 aliphatic carbocycles. The van der Waals surface area contributed by atoms with Crippen LogP contribution in [-0.2, 0) is 0 Å². The highest BCUT2D eigenvalue weighted by molar-refractivity contribution is 5.59. The minimum atomic E-state index is -0.125. The van der Waals surface area contributed by atoms with Crippen LogP contribution in [0.2, 0.25) is 0 Å². The Balaban J connectivity index is 1.98. The van der Waals surface area contributed by atoms with Gasteiger partial charge in [-0.1, -0.05) is 0 Å². The van der Waals surface area contributed by atoms with Gasteiger partial charge in [0.25, 0.3) is 0 Å². The molecule has 3 heteroatoms. The summed E-state index contributed by atoms with van der Waals surface area (Å²) in [5.74, 6) is 0.318. The number of benzene rings is 1. The average Bonchev–Trinajstić information content (AvgIpc) is 2.44. The summed E-state index contributed by atoms with van der Waals surface area (Å²) in [6.45, 7) is 2.05. The maximum atomic E-state index is 13.2. The molecule has 2 aliphatic rings. The van der Waals surface area contributed by atoms with Gasteiger partial charge in [-0.15, -0.1) is 0 Å². The molecule has 1 fully saturated rings. The van der Waals surface area contributed by atoms with Gasteiger partial charge in [0.2, 0.25) is 0 Å². The van der Waals surface area contributed by atoms with Crippen molar-refractivity contribution in [2.24, 2.45) is 0 Å². The normalized spacial score (nSPS) is 28.9. The van der Waals surface area contributed by atoms with Gasteiger partial charge < -0.3 is 10.6 Å². The second kappa shape index (κ2) is 3.49. The minimum Gasteiger partial charge on any atom is -0.381 e. The van der Waals surface area contributed by atoms with Gasteiger partial charge in [-0.25, -0.2) is 4.39 Å². The maximum absolute atomic E-state index is 13.2. The van der Waals surface area contributed by atoms with Crippen molar-refractivity contribution in [2.45, 2.75) is 24.8 Å². The average molecular weight is 206 g/mol. The minimum absolute atomic E-state index is 0.125. The van der Waals surface area contributed by atoms with Crippen LogP contribution in [0.15, 0.2) is 18.2 Å². The van der Waals surface area contributed by atoms with Gasteiger partial charge in [-0.2, -0.15) is 0 Å². The third-order valence-electron chi connectivity index (χ3n) is 3.47. The van der Waals surface area contributed by atoms with Crippen LogP contribution in [0.1, 0.15) is 24.3 Å². The fourth-order valence-electron chi connectivity index (χ4n) is 2.72. The monoisotopic (exact) mass is 206 g/mol. The summed E-state index contributed by atoms with van der Waals surface area (Å²) < 4.78 is 13.2. The predicted molar refractivity (Wildman–Crippen MR) is 58.7 cm³/mol. The zero-order valence-corrected chi connectivity index (χ0v) is 8.59. The van der Waals surface area contributed by atoms with Gasteiger partial charge in [0.1, 0.15) is 5.82 Å². The molecule has 1 aromatic rings. The number of nitrogens with one attached hydrogen (secondary N) is 2. The van der Waals surface area contributed by atoms with E-state index in [-0.39, 0.29) is 5.82 Å². The molecule has 2 heterocycles. The molecule has 1 aromatic carbocycles. The molecule has 0 radical (unpaired) electrons. The van der Waals surface area contributed by atoms with Crippen LogP contribution in [-0.4, -0.2) is 19.1 Å². The summed E-state index contributed by atoms with van der Waals surface area (Å²) in [6, 6.07) is 5.57. The van der Waals surface area contributed by atoms with Crippen LogP contribution in [0, 0.1) is 5.82 Å². The van der Waals surface area contributed by atoms with Crippen molar-refractivity contribution in [2.75, 3.05) is 18.4 Å². The van der Waals surface area contributed by atoms with Gasteiger partial charge in [0, 0.05) is 24.2 Å². The SMILES string of the molecule is Fc1ccc2c(c1)C1CNCCCC1N2. The predicted octanol–water partition coefficient (Wildman–Crippen LogP) is 2.09. The molecule has 15 heavy (non-hydrogen) atoms. The van der Waals surface area contributed by atoms with E-state index in [4.69, 9.17) is 0 Å². The van der Waals surface area contributed by atoms with Crippen molar-refractivity contribution in [1.29, 1.82) is 0 Å². The Bertz CT molecular complexity index is 378. The Hall–Kier alpha value is -1.09. The number of hydrogen-bond donors (Lipinski definition) is 2. The molecule has 2 nitrogen and oxygen atoms in total. The lowest BCUT2D eigenvalue weighted by Crippen LogP contribution is -2.25. The third kappa shape index (κ3) is 1.51. The van der Waals surface area contributed by atoms with Crippen molar-refractivity contribution in [3.05, 3.63) is 29.6 Å².